The zero-order valence-electron chi connectivity index (χ0n) is 15.0. The van der Waals surface area contributed by atoms with Gasteiger partial charge in [-0.3, -0.25) is 9.59 Å². The molecular weight excluding hydrogens is 330 g/mol. The zero-order valence-corrected chi connectivity index (χ0v) is 15.0. The Hall–Kier alpha value is -3.02. The topological polar surface area (TPSA) is 79.5 Å². The van der Waals surface area contributed by atoms with Crippen LogP contribution in [-0.2, 0) is 9.59 Å². The van der Waals surface area contributed by atoms with Crippen molar-refractivity contribution >= 4 is 28.9 Å². The molecule has 0 atom stereocenters. The van der Waals surface area contributed by atoms with Gasteiger partial charge < -0.3 is 20.7 Å². The van der Waals surface area contributed by atoms with Gasteiger partial charge in [-0.2, -0.15) is 0 Å². The van der Waals surface area contributed by atoms with E-state index in [2.05, 4.69) is 16.0 Å². The van der Waals surface area contributed by atoms with Crippen LogP contribution in [0.2, 0.25) is 0 Å². The third-order valence-corrected chi connectivity index (χ3v) is 4.33. The first kappa shape index (κ1) is 17.8. The van der Waals surface area contributed by atoms with Gasteiger partial charge in [0.2, 0.25) is 11.8 Å². The van der Waals surface area contributed by atoms with E-state index >= 15 is 0 Å². The van der Waals surface area contributed by atoms with E-state index in [0.29, 0.717) is 11.4 Å². The first-order valence-electron chi connectivity index (χ1n) is 8.65. The summed E-state index contributed by atoms with van der Waals surface area (Å²) in [5.74, 6) is 0.747. The fourth-order valence-corrected chi connectivity index (χ4v) is 2.62. The number of benzene rings is 2. The summed E-state index contributed by atoms with van der Waals surface area (Å²) in [5.41, 5.74) is 3.19. The van der Waals surface area contributed by atoms with Crippen molar-refractivity contribution in [1.29, 1.82) is 0 Å². The Morgan fingerprint density at radius 2 is 1.81 bits per heavy atom. The van der Waals surface area contributed by atoms with Crippen molar-refractivity contribution in [3.63, 3.8) is 0 Å². The van der Waals surface area contributed by atoms with Gasteiger partial charge in [0, 0.05) is 29.0 Å². The van der Waals surface area contributed by atoms with Gasteiger partial charge in [0.05, 0.1) is 13.7 Å². The maximum absolute atomic E-state index is 12.2. The lowest BCUT2D eigenvalue weighted by Gasteiger charge is -2.14. The van der Waals surface area contributed by atoms with E-state index < -0.39 is 0 Å². The fourth-order valence-electron chi connectivity index (χ4n) is 2.62. The van der Waals surface area contributed by atoms with Gasteiger partial charge in [-0.1, -0.05) is 12.1 Å². The third-order valence-electron chi connectivity index (χ3n) is 4.33. The predicted molar refractivity (Wildman–Crippen MR) is 103 cm³/mol. The molecule has 0 radical (unpaired) electrons. The number of hydrogen-bond donors (Lipinski definition) is 3. The largest absolute Gasteiger partial charge is 0.497 e. The number of ether oxygens (including phenoxy) is 1. The van der Waals surface area contributed by atoms with Crippen molar-refractivity contribution < 1.29 is 14.3 Å². The molecule has 0 aromatic heterocycles. The number of anilines is 3. The van der Waals surface area contributed by atoms with Crippen molar-refractivity contribution in [3.05, 3.63) is 48.0 Å². The lowest BCUT2D eigenvalue weighted by Crippen LogP contribution is -2.22. The van der Waals surface area contributed by atoms with Gasteiger partial charge in [-0.25, -0.2) is 0 Å². The fraction of sp³-hybridized carbons (Fsp3) is 0.300. The molecule has 2 aromatic rings. The van der Waals surface area contributed by atoms with E-state index in [1.807, 2.05) is 37.3 Å². The monoisotopic (exact) mass is 353 g/mol. The number of amides is 2. The summed E-state index contributed by atoms with van der Waals surface area (Å²) in [6, 6.07) is 12.8. The van der Waals surface area contributed by atoms with E-state index in [4.69, 9.17) is 4.74 Å². The second-order valence-corrected chi connectivity index (χ2v) is 6.38. The molecule has 6 heteroatoms. The Morgan fingerprint density at radius 1 is 1.08 bits per heavy atom. The molecule has 0 saturated heterocycles. The van der Waals surface area contributed by atoms with Gasteiger partial charge in [-0.15, -0.1) is 0 Å². The van der Waals surface area contributed by atoms with Gasteiger partial charge >= 0.3 is 0 Å². The molecule has 1 saturated carbocycles. The number of methoxy groups -OCH3 is 1. The molecule has 0 spiro atoms. The predicted octanol–water partition coefficient (Wildman–Crippen LogP) is 3.40. The Kier molecular flexibility index (Phi) is 5.41. The Morgan fingerprint density at radius 3 is 2.54 bits per heavy atom. The highest BCUT2D eigenvalue weighted by Gasteiger charge is 2.29. The van der Waals surface area contributed by atoms with Crippen LogP contribution in [0, 0.1) is 12.8 Å². The molecule has 0 heterocycles. The highest BCUT2D eigenvalue weighted by molar-refractivity contribution is 5.96. The minimum Gasteiger partial charge on any atom is -0.497 e. The number of nitrogens with one attached hydrogen (secondary N) is 3. The third kappa shape index (κ3) is 4.53. The van der Waals surface area contributed by atoms with E-state index in [1.54, 1.807) is 19.2 Å². The molecule has 3 rings (SSSR count). The summed E-state index contributed by atoms with van der Waals surface area (Å²) in [6.07, 6.45) is 1.93. The molecule has 1 aliphatic carbocycles. The van der Waals surface area contributed by atoms with Crippen molar-refractivity contribution in [2.45, 2.75) is 19.8 Å². The zero-order chi connectivity index (χ0) is 18.5. The maximum atomic E-state index is 12.2. The van der Waals surface area contributed by atoms with Crippen LogP contribution in [0.15, 0.2) is 42.5 Å². The van der Waals surface area contributed by atoms with E-state index in [1.165, 1.54) is 0 Å². The van der Waals surface area contributed by atoms with Gasteiger partial charge in [0.25, 0.3) is 0 Å². The smallest absolute Gasteiger partial charge is 0.243 e. The summed E-state index contributed by atoms with van der Waals surface area (Å²) in [7, 11) is 1.58. The number of hydrogen-bond acceptors (Lipinski definition) is 4. The lowest BCUT2D eigenvalue weighted by atomic mass is 10.1. The van der Waals surface area contributed by atoms with E-state index in [9.17, 15) is 9.59 Å². The summed E-state index contributed by atoms with van der Waals surface area (Å²) in [4.78, 5) is 24.1. The van der Waals surface area contributed by atoms with Crippen molar-refractivity contribution in [3.8, 4) is 5.75 Å². The lowest BCUT2D eigenvalue weighted by molar-refractivity contribution is -0.117. The van der Waals surface area contributed by atoms with Gasteiger partial charge in [0.15, 0.2) is 0 Å². The van der Waals surface area contributed by atoms with Crippen LogP contribution in [0.1, 0.15) is 18.4 Å². The van der Waals surface area contributed by atoms with E-state index in [-0.39, 0.29) is 24.3 Å². The van der Waals surface area contributed by atoms with Gasteiger partial charge in [-0.05, 0) is 49.6 Å². The summed E-state index contributed by atoms with van der Waals surface area (Å²) in [6.45, 7) is 2.04. The van der Waals surface area contributed by atoms with Crippen molar-refractivity contribution in [2.75, 3.05) is 29.6 Å². The molecule has 3 N–H and O–H groups in total. The van der Waals surface area contributed by atoms with Crippen LogP contribution >= 0.6 is 0 Å². The Bertz CT molecular complexity index is 816. The molecule has 136 valence electrons. The Labute approximate surface area is 152 Å². The molecule has 1 fully saturated rings. The SMILES string of the molecule is COc1cccc(NC(=O)CNc2cccc(NC(=O)C3CC3)c2C)c1. The van der Waals surface area contributed by atoms with Gasteiger partial charge in [0.1, 0.15) is 5.75 Å². The minimum atomic E-state index is -0.162. The van der Waals surface area contributed by atoms with Crippen LogP contribution in [-0.4, -0.2) is 25.5 Å². The summed E-state index contributed by atoms with van der Waals surface area (Å²) >= 11 is 0. The average molecular weight is 353 g/mol. The Balaban J connectivity index is 1.58. The van der Waals surface area contributed by atoms with Crippen molar-refractivity contribution in [2.24, 2.45) is 5.92 Å². The molecule has 2 aromatic carbocycles. The molecule has 0 bridgehead atoms. The van der Waals surface area contributed by atoms with Crippen molar-refractivity contribution in [1.82, 2.24) is 0 Å². The average Bonchev–Trinajstić information content (AvgIpc) is 3.48. The quantitative estimate of drug-likeness (QED) is 0.713. The number of carbonyl (C=O) groups excluding carboxylic acids is 2. The van der Waals surface area contributed by atoms with Crippen LogP contribution in [0.4, 0.5) is 17.1 Å². The summed E-state index contributed by atoms with van der Waals surface area (Å²) in [5, 5.41) is 8.91. The highest BCUT2D eigenvalue weighted by atomic mass is 16.5. The van der Waals surface area contributed by atoms with Crippen LogP contribution in [0.3, 0.4) is 0 Å². The maximum Gasteiger partial charge on any atom is 0.243 e. The molecule has 26 heavy (non-hydrogen) atoms. The first-order valence-corrected chi connectivity index (χ1v) is 8.65. The molecule has 0 unspecified atom stereocenters. The number of rotatable bonds is 7. The van der Waals surface area contributed by atoms with Crippen LogP contribution in [0.25, 0.3) is 0 Å². The normalized spacial score (nSPS) is 13.0. The second kappa shape index (κ2) is 7.91. The molecule has 0 aliphatic heterocycles. The van der Waals surface area contributed by atoms with Crippen LogP contribution in [0.5, 0.6) is 5.75 Å². The molecule has 2 amide bonds. The second-order valence-electron chi connectivity index (χ2n) is 6.38. The molecule has 6 nitrogen and oxygen atoms in total. The van der Waals surface area contributed by atoms with Crippen LogP contribution < -0.4 is 20.7 Å². The van der Waals surface area contributed by atoms with E-state index in [0.717, 1.165) is 29.8 Å². The first-order chi connectivity index (χ1) is 12.6. The summed E-state index contributed by atoms with van der Waals surface area (Å²) < 4.78 is 5.15. The molecule has 1 aliphatic rings. The highest BCUT2D eigenvalue weighted by Crippen LogP contribution is 2.31. The molecular formula is C20H23N3O3. The standard InChI is InChI=1S/C20H23N3O3/c1-13-17(7-4-8-18(13)23-20(25)14-9-10-14)21-12-19(24)22-15-5-3-6-16(11-15)26-2/h3-8,11,14,21H,9-10,12H2,1-2H3,(H,22,24)(H,23,25). The number of carbonyl (C=O) groups is 2. The minimum absolute atomic E-state index is 0.0704.